The van der Waals surface area contributed by atoms with Gasteiger partial charge in [0.1, 0.15) is 11.5 Å². The van der Waals surface area contributed by atoms with Gasteiger partial charge in [-0.05, 0) is 86.2 Å². The summed E-state index contributed by atoms with van der Waals surface area (Å²) in [6, 6.07) is 19.0. The van der Waals surface area contributed by atoms with Crippen LogP contribution >= 0.6 is 12.2 Å². The van der Waals surface area contributed by atoms with Crippen LogP contribution in [0.5, 0.6) is 5.75 Å². The van der Waals surface area contributed by atoms with Crippen LogP contribution in [0.25, 0.3) is 0 Å². The van der Waals surface area contributed by atoms with Gasteiger partial charge in [-0.1, -0.05) is 6.07 Å². The van der Waals surface area contributed by atoms with Crippen LogP contribution in [0, 0.1) is 13.8 Å². The van der Waals surface area contributed by atoms with E-state index in [2.05, 4.69) is 39.7 Å². The van der Waals surface area contributed by atoms with Crippen molar-refractivity contribution in [3.63, 3.8) is 0 Å². The number of anilines is 1. The maximum Gasteiger partial charge on any atom is 0.174 e. The predicted octanol–water partition coefficient (Wildman–Crippen LogP) is 5.02. The number of rotatable bonds is 5. The number of thiocarbonyl (C=S) groups is 1. The zero-order valence-corrected chi connectivity index (χ0v) is 18.7. The Labute approximate surface area is 192 Å². The molecule has 4 heterocycles. The summed E-state index contributed by atoms with van der Waals surface area (Å²) in [5.41, 5.74) is 5.32. The van der Waals surface area contributed by atoms with E-state index >= 15 is 0 Å². The maximum absolute atomic E-state index is 9.80. The van der Waals surface area contributed by atoms with Gasteiger partial charge in [0.05, 0.1) is 30.6 Å². The molecule has 32 heavy (non-hydrogen) atoms. The first kappa shape index (κ1) is 20.3. The highest BCUT2D eigenvalue weighted by Gasteiger charge is 2.42. The summed E-state index contributed by atoms with van der Waals surface area (Å²) < 4.78 is 7.86. The van der Waals surface area contributed by atoms with Crippen LogP contribution in [0.4, 0.5) is 5.69 Å². The fourth-order valence-corrected chi connectivity index (χ4v) is 4.84. The van der Waals surface area contributed by atoms with Gasteiger partial charge in [-0.3, -0.25) is 4.98 Å². The van der Waals surface area contributed by atoms with Crippen LogP contribution in [-0.2, 0) is 6.54 Å². The standard InChI is InChI=1S/C25H24N4O2S/c1-16-14-21(17(2)28(16)15-20-6-5-13-31-20)24-23(22-7-3-4-12-26-22)27-25(32)29(24)18-8-10-19(30)11-9-18/h3-14,23-24,30H,15H2,1-2H3,(H,27,32)/t23-,24+/m1/s1. The Kier molecular flexibility index (Phi) is 5.19. The number of nitrogens with one attached hydrogen (secondary N) is 1. The minimum Gasteiger partial charge on any atom is -0.508 e. The molecule has 0 radical (unpaired) electrons. The third kappa shape index (κ3) is 3.54. The van der Waals surface area contributed by atoms with Crippen LogP contribution in [-0.4, -0.2) is 19.8 Å². The van der Waals surface area contributed by atoms with E-state index in [9.17, 15) is 5.11 Å². The van der Waals surface area contributed by atoms with Crippen molar-refractivity contribution in [2.75, 3.05) is 4.90 Å². The Balaban J connectivity index is 1.62. The fourth-order valence-electron chi connectivity index (χ4n) is 4.49. The average Bonchev–Trinajstić information content (AvgIpc) is 3.50. The molecule has 0 unspecified atom stereocenters. The lowest BCUT2D eigenvalue weighted by Gasteiger charge is -2.28. The van der Waals surface area contributed by atoms with Gasteiger partial charge in [-0.25, -0.2) is 0 Å². The number of phenols is 1. The van der Waals surface area contributed by atoms with Crippen LogP contribution < -0.4 is 10.2 Å². The highest BCUT2D eigenvalue weighted by Crippen LogP contribution is 2.43. The Morgan fingerprint density at radius 1 is 1.09 bits per heavy atom. The summed E-state index contributed by atoms with van der Waals surface area (Å²) in [6.45, 7) is 4.92. The number of hydrogen-bond donors (Lipinski definition) is 2. The number of phenolic OH excluding ortho intramolecular Hbond substituents is 1. The van der Waals surface area contributed by atoms with Crippen molar-refractivity contribution in [2.45, 2.75) is 32.5 Å². The Morgan fingerprint density at radius 3 is 2.59 bits per heavy atom. The van der Waals surface area contributed by atoms with Crippen LogP contribution in [0.1, 0.15) is 40.5 Å². The first-order chi connectivity index (χ1) is 15.5. The number of furan rings is 1. The fraction of sp³-hybridized carbons (Fsp3) is 0.200. The maximum atomic E-state index is 9.80. The molecule has 0 aliphatic carbocycles. The second-order valence-corrected chi connectivity index (χ2v) is 8.39. The molecular formula is C25H24N4O2S. The third-order valence-corrected chi connectivity index (χ3v) is 6.37. The lowest BCUT2D eigenvalue weighted by Crippen LogP contribution is -2.29. The first-order valence-electron chi connectivity index (χ1n) is 10.5. The van der Waals surface area contributed by atoms with Gasteiger partial charge in [0, 0.05) is 23.3 Å². The summed E-state index contributed by atoms with van der Waals surface area (Å²) >= 11 is 5.79. The SMILES string of the molecule is Cc1cc([C@H]2[C@@H](c3ccccn3)NC(=S)N2c2ccc(O)cc2)c(C)n1Cc1ccco1. The number of aromatic hydroxyl groups is 1. The van der Waals surface area contributed by atoms with Crippen molar-refractivity contribution in [3.8, 4) is 5.75 Å². The topological polar surface area (TPSA) is 66.5 Å². The van der Waals surface area contributed by atoms with E-state index < -0.39 is 0 Å². The molecule has 0 saturated carbocycles. The molecule has 2 atom stereocenters. The molecule has 1 aliphatic heterocycles. The smallest absolute Gasteiger partial charge is 0.174 e. The Hall–Kier alpha value is -3.58. The molecule has 5 rings (SSSR count). The lowest BCUT2D eigenvalue weighted by molar-refractivity contribution is 0.475. The van der Waals surface area contributed by atoms with E-state index in [0.717, 1.165) is 28.5 Å². The van der Waals surface area contributed by atoms with Crippen molar-refractivity contribution in [2.24, 2.45) is 0 Å². The van der Waals surface area contributed by atoms with Crippen molar-refractivity contribution in [1.82, 2.24) is 14.9 Å². The first-order valence-corrected chi connectivity index (χ1v) is 10.9. The van der Waals surface area contributed by atoms with E-state index in [1.165, 1.54) is 5.56 Å². The molecule has 162 valence electrons. The van der Waals surface area contributed by atoms with Gasteiger partial charge in [0.25, 0.3) is 0 Å². The van der Waals surface area contributed by atoms with Gasteiger partial charge in [0.2, 0.25) is 0 Å². The quantitative estimate of drug-likeness (QED) is 0.421. The molecule has 1 saturated heterocycles. The van der Waals surface area contributed by atoms with Crippen LogP contribution in [0.2, 0.25) is 0 Å². The summed E-state index contributed by atoms with van der Waals surface area (Å²) in [7, 11) is 0. The number of nitrogens with zero attached hydrogens (tertiary/aromatic N) is 3. The van der Waals surface area contributed by atoms with E-state index in [1.54, 1.807) is 24.6 Å². The highest BCUT2D eigenvalue weighted by atomic mass is 32.1. The van der Waals surface area contributed by atoms with Crippen molar-refractivity contribution in [1.29, 1.82) is 0 Å². The molecule has 0 spiro atoms. The summed E-state index contributed by atoms with van der Waals surface area (Å²) in [6.07, 6.45) is 3.51. The number of hydrogen-bond acceptors (Lipinski definition) is 4. The number of aryl methyl sites for hydroxylation is 1. The minimum absolute atomic E-state index is 0.0986. The molecule has 6 nitrogen and oxygen atoms in total. The Morgan fingerprint density at radius 2 is 1.91 bits per heavy atom. The normalized spacial score (nSPS) is 18.2. The van der Waals surface area contributed by atoms with Crippen molar-refractivity contribution in [3.05, 3.63) is 102 Å². The predicted molar refractivity (Wildman–Crippen MR) is 128 cm³/mol. The monoisotopic (exact) mass is 444 g/mol. The van der Waals surface area contributed by atoms with Crippen LogP contribution in [0.3, 0.4) is 0 Å². The van der Waals surface area contributed by atoms with Crippen LogP contribution in [0.15, 0.2) is 77.5 Å². The van der Waals surface area contributed by atoms with E-state index in [1.807, 2.05) is 42.5 Å². The van der Waals surface area contributed by atoms with Gasteiger partial charge in [0.15, 0.2) is 5.11 Å². The van der Waals surface area contributed by atoms with Crippen molar-refractivity contribution < 1.29 is 9.52 Å². The highest BCUT2D eigenvalue weighted by molar-refractivity contribution is 7.80. The zero-order chi connectivity index (χ0) is 22.2. The van der Waals surface area contributed by atoms with E-state index in [-0.39, 0.29) is 17.8 Å². The van der Waals surface area contributed by atoms with E-state index in [4.69, 9.17) is 16.6 Å². The molecule has 0 amide bonds. The average molecular weight is 445 g/mol. The molecular weight excluding hydrogens is 420 g/mol. The van der Waals surface area contributed by atoms with Gasteiger partial charge < -0.3 is 24.3 Å². The third-order valence-electron chi connectivity index (χ3n) is 6.05. The largest absolute Gasteiger partial charge is 0.508 e. The van der Waals surface area contributed by atoms with Gasteiger partial charge in [-0.2, -0.15) is 0 Å². The molecule has 2 N–H and O–H groups in total. The zero-order valence-electron chi connectivity index (χ0n) is 17.9. The molecule has 0 bridgehead atoms. The lowest BCUT2D eigenvalue weighted by atomic mass is 9.96. The van der Waals surface area contributed by atoms with Gasteiger partial charge >= 0.3 is 0 Å². The summed E-state index contributed by atoms with van der Waals surface area (Å²) in [4.78, 5) is 6.74. The molecule has 4 aromatic rings. The van der Waals surface area contributed by atoms with E-state index in [0.29, 0.717) is 11.7 Å². The molecule has 1 aromatic carbocycles. The van der Waals surface area contributed by atoms with Gasteiger partial charge in [-0.15, -0.1) is 0 Å². The van der Waals surface area contributed by atoms with Crippen molar-refractivity contribution >= 4 is 23.0 Å². The Bertz CT molecular complexity index is 1230. The number of benzene rings is 1. The molecule has 1 aliphatic rings. The molecule has 1 fully saturated rings. The molecule has 7 heteroatoms. The molecule has 3 aromatic heterocycles. The number of aromatic nitrogens is 2. The minimum atomic E-state index is -0.116. The number of pyridine rings is 1. The second kappa shape index (κ2) is 8.16. The second-order valence-electron chi connectivity index (χ2n) is 8.00. The summed E-state index contributed by atoms with van der Waals surface area (Å²) in [5.74, 6) is 1.14. The summed E-state index contributed by atoms with van der Waals surface area (Å²) in [5, 5.41) is 13.9.